The number of fused-ring (bicyclic) bond motifs is 1. The minimum absolute atomic E-state index is 0.0740. The fraction of sp³-hybridized carbons (Fsp3) is 0.188. The molecule has 1 aliphatic heterocycles. The summed E-state index contributed by atoms with van der Waals surface area (Å²) in [6, 6.07) is 10.7. The second-order valence-electron chi connectivity index (χ2n) is 5.19. The van der Waals surface area contributed by atoms with Crippen LogP contribution in [-0.4, -0.2) is 15.9 Å². The summed E-state index contributed by atoms with van der Waals surface area (Å²) in [6.45, 7) is 2.95. The average Bonchev–Trinajstić information content (AvgIpc) is 2.84. The summed E-state index contributed by atoms with van der Waals surface area (Å²) in [7, 11) is 0. The van der Waals surface area contributed by atoms with E-state index in [0.29, 0.717) is 24.3 Å². The number of nitrogen functional groups attached to an aromatic ring is 1. The summed E-state index contributed by atoms with van der Waals surface area (Å²) in [5.41, 5.74) is 9.97. The number of phenolic OH excluding ortho intramolecular Hbond substituents is 1. The molecular formula is C16H16N2O2. The van der Waals surface area contributed by atoms with Crippen LogP contribution in [0.1, 0.15) is 27.0 Å². The summed E-state index contributed by atoms with van der Waals surface area (Å²) < 4.78 is 0. The van der Waals surface area contributed by atoms with Crippen LogP contribution < -0.4 is 5.73 Å². The number of nitrogens with zero attached hydrogens (tertiary/aromatic N) is 1. The number of carbonyl (C=O) groups excluding carboxylic acids is 1. The van der Waals surface area contributed by atoms with Crippen LogP contribution in [0, 0.1) is 6.92 Å². The molecule has 1 aliphatic rings. The van der Waals surface area contributed by atoms with Gasteiger partial charge in [0.1, 0.15) is 5.75 Å². The molecule has 4 nitrogen and oxygen atoms in total. The number of amides is 1. The molecule has 1 heterocycles. The van der Waals surface area contributed by atoms with Crippen molar-refractivity contribution in [2.75, 3.05) is 5.73 Å². The zero-order valence-electron chi connectivity index (χ0n) is 11.3. The lowest BCUT2D eigenvalue weighted by Crippen LogP contribution is -2.25. The van der Waals surface area contributed by atoms with Crippen molar-refractivity contribution in [3.05, 3.63) is 58.7 Å². The van der Waals surface area contributed by atoms with Crippen LogP contribution in [-0.2, 0) is 13.1 Å². The highest BCUT2D eigenvalue weighted by Crippen LogP contribution is 2.27. The zero-order valence-corrected chi connectivity index (χ0v) is 11.3. The summed E-state index contributed by atoms with van der Waals surface area (Å²) in [6.07, 6.45) is 0. The molecule has 0 spiro atoms. The normalized spacial score (nSPS) is 13.3. The minimum Gasteiger partial charge on any atom is -0.508 e. The quantitative estimate of drug-likeness (QED) is 0.781. The maximum Gasteiger partial charge on any atom is 0.254 e. The average molecular weight is 268 g/mol. The Morgan fingerprint density at radius 1 is 1.15 bits per heavy atom. The predicted molar refractivity (Wildman–Crippen MR) is 77.3 cm³/mol. The number of hydrogen-bond donors (Lipinski definition) is 2. The number of aryl methyl sites for hydroxylation is 1. The highest BCUT2D eigenvalue weighted by atomic mass is 16.3. The Morgan fingerprint density at radius 2 is 1.90 bits per heavy atom. The lowest BCUT2D eigenvalue weighted by Gasteiger charge is -2.15. The molecular weight excluding hydrogens is 252 g/mol. The smallest absolute Gasteiger partial charge is 0.254 e. The molecule has 0 unspecified atom stereocenters. The lowest BCUT2D eigenvalue weighted by atomic mass is 10.1. The maximum absolute atomic E-state index is 12.4. The third-order valence-electron chi connectivity index (χ3n) is 3.70. The summed E-state index contributed by atoms with van der Waals surface area (Å²) in [5, 5.41) is 9.71. The van der Waals surface area contributed by atoms with Gasteiger partial charge in [-0.2, -0.15) is 0 Å². The molecule has 3 N–H and O–H groups in total. The van der Waals surface area contributed by atoms with Crippen molar-refractivity contribution in [2.24, 2.45) is 0 Å². The molecule has 3 rings (SSSR count). The van der Waals surface area contributed by atoms with Crippen LogP contribution in [0.3, 0.4) is 0 Å². The second-order valence-corrected chi connectivity index (χ2v) is 5.19. The van der Waals surface area contributed by atoms with E-state index in [1.165, 1.54) is 6.07 Å². The number of carbonyl (C=O) groups is 1. The summed E-state index contributed by atoms with van der Waals surface area (Å²) in [4.78, 5) is 14.2. The third-order valence-corrected chi connectivity index (χ3v) is 3.70. The number of anilines is 1. The van der Waals surface area contributed by atoms with Crippen molar-refractivity contribution in [2.45, 2.75) is 20.0 Å². The second kappa shape index (κ2) is 4.56. The van der Waals surface area contributed by atoms with E-state index in [0.717, 1.165) is 16.7 Å². The van der Waals surface area contributed by atoms with E-state index in [2.05, 4.69) is 0 Å². The first-order chi connectivity index (χ1) is 9.54. The highest BCUT2D eigenvalue weighted by molar-refractivity contribution is 5.95. The molecule has 0 saturated heterocycles. The fourth-order valence-corrected chi connectivity index (χ4v) is 2.48. The molecule has 0 radical (unpaired) electrons. The summed E-state index contributed by atoms with van der Waals surface area (Å²) >= 11 is 0. The molecule has 0 atom stereocenters. The molecule has 0 fully saturated rings. The van der Waals surface area contributed by atoms with Gasteiger partial charge in [0.25, 0.3) is 5.91 Å². The van der Waals surface area contributed by atoms with Gasteiger partial charge in [-0.05, 0) is 47.9 Å². The SMILES string of the molecule is Cc1ccc(C(=O)N2Cc3ccc(N)cc3C2)cc1O. The van der Waals surface area contributed by atoms with Crippen molar-refractivity contribution in [1.82, 2.24) is 4.90 Å². The van der Waals surface area contributed by atoms with Gasteiger partial charge < -0.3 is 15.7 Å². The molecule has 4 heteroatoms. The monoisotopic (exact) mass is 268 g/mol. The lowest BCUT2D eigenvalue weighted by molar-refractivity contribution is 0.0751. The largest absolute Gasteiger partial charge is 0.508 e. The Hall–Kier alpha value is -2.49. The van der Waals surface area contributed by atoms with Crippen molar-refractivity contribution in [3.63, 3.8) is 0 Å². The topological polar surface area (TPSA) is 66.6 Å². The first-order valence-corrected chi connectivity index (χ1v) is 6.51. The first kappa shape index (κ1) is 12.5. The minimum atomic E-state index is -0.0740. The molecule has 0 aromatic heterocycles. The molecule has 0 bridgehead atoms. The van der Waals surface area contributed by atoms with Crippen molar-refractivity contribution >= 4 is 11.6 Å². The van der Waals surface area contributed by atoms with Crippen LogP contribution in [0.2, 0.25) is 0 Å². The molecule has 20 heavy (non-hydrogen) atoms. The van der Waals surface area contributed by atoms with Crippen LogP contribution in [0.5, 0.6) is 5.75 Å². The van der Waals surface area contributed by atoms with Crippen LogP contribution in [0.15, 0.2) is 36.4 Å². The van der Waals surface area contributed by atoms with E-state index >= 15 is 0 Å². The first-order valence-electron chi connectivity index (χ1n) is 6.51. The Kier molecular flexibility index (Phi) is 2.86. The van der Waals surface area contributed by atoms with E-state index in [9.17, 15) is 9.90 Å². The molecule has 0 saturated carbocycles. The fourth-order valence-electron chi connectivity index (χ4n) is 2.48. The Morgan fingerprint density at radius 3 is 2.65 bits per heavy atom. The van der Waals surface area contributed by atoms with Gasteiger partial charge in [-0.25, -0.2) is 0 Å². The van der Waals surface area contributed by atoms with Gasteiger partial charge in [0.05, 0.1) is 0 Å². The zero-order chi connectivity index (χ0) is 14.3. The standard InChI is InChI=1S/C16H16N2O2/c1-10-2-3-11(7-15(10)19)16(20)18-8-12-4-5-14(17)6-13(12)9-18/h2-7,19H,8-9,17H2,1H3. The number of nitrogens with two attached hydrogens (primary N) is 1. The molecule has 2 aromatic carbocycles. The van der Waals surface area contributed by atoms with Crippen LogP contribution in [0.25, 0.3) is 0 Å². The van der Waals surface area contributed by atoms with Gasteiger partial charge in [0.2, 0.25) is 0 Å². The predicted octanol–water partition coefficient (Wildman–Crippen LogP) is 2.44. The van der Waals surface area contributed by atoms with Crippen molar-refractivity contribution < 1.29 is 9.90 Å². The number of phenols is 1. The number of hydrogen-bond acceptors (Lipinski definition) is 3. The molecule has 0 aliphatic carbocycles. The van der Waals surface area contributed by atoms with Gasteiger partial charge in [0.15, 0.2) is 0 Å². The van der Waals surface area contributed by atoms with Gasteiger partial charge in [-0.1, -0.05) is 12.1 Å². The van der Waals surface area contributed by atoms with Gasteiger partial charge in [-0.15, -0.1) is 0 Å². The third kappa shape index (κ3) is 2.09. The maximum atomic E-state index is 12.4. The molecule has 1 amide bonds. The Labute approximate surface area is 117 Å². The highest BCUT2D eigenvalue weighted by Gasteiger charge is 2.24. The van der Waals surface area contributed by atoms with Crippen molar-refractivity contribution in [3.8, 4) is 5.75 Å². The Balaban J connectivity index is 1.85. The Bertz CT molecular complexity index is 695. The van der Waals surface area contributed by atoms with E-state index < -0.39 is 0 Å². The summed E-state index contributed by atoms with van der Waals surface area (Å²) in [5.74, 6) is 0.0758. The number of aromatic hydroxyl groups is 1. The number of benzene rings is 2. The van der Waals surface area contributed by atoms with Gasteiger partial charge in [-0.3, -0.25) is 4.79 Å². The molecule has 2 aromatic rings. The molecule has 102 valence electrons. The van der Waals surface area contributed by atoms with Crippen LogP contribution in [0.4, 0.5) is 5.69 Å². The van der Waals surface area contributed by atoms with E-state index in [1.54, 1.807) is 24.0 Å². The van der Waals surface area contributed by atoms with Crippen molar-refractivity contribution in [1.29, 1.82) is 0 Å². The number of rotatable bonds is 1. The van der Waals surface area contributed by atoms with Gasteiger partial charge >= 0.3 is 0 Å². The van der Waals surface area contributed by atoms with E-state index in [4.69, 9.17) is 5.73 Å². The van der Waals surface area contributed by atoms with Gasteiger partial charge in [0, 0.05) is 24.3 Å². The van der Waals surface area contributed by atoms with E-state index in [-0.39, 0.29) is 11.7 Å². The van der Waals surface area contributed by atoms with E-state index in [1.807, 2.05) is 18.2 Å². The van der Waals surface area contributed by atoms with Crippen LogP contribution >= 0.6 is 0 Å².